The Balaban J connectivity index is 1.57. The van der Waals surface area contributed by atoms with Gasteiger partial charge >= 0.3 is 0 Å². The summed E-state index contributed by atoms with van der Waals surface area (Å²) in [6, 6.07) is 8.92. The van der Waals surface area contributed by atoms with E-state index < -0.39 is 24.2 Å². The van der Waals surface area contributed by atoms with Crippen LogP contribution in [0.15, 0.2) is 49.1 Å². The lowest BCUT2D eigenvalue weighted by molar-refractivity contribution is 0.0793. The quantitative estimate of drug-likeness (QED) is 0.354. The van der Waals surface area contributed by atoms with E-state index in [1.54, 1.807) is 16.8 Å². The lowest BCUT2D eigenvalue weighted by Crippen LogP contribution is -2.32. The summed E-state index contributed by atoms with van der Waals surface area (Å²) in [5.74, 6) is -0.538. The number of hydrogen-bond donors (Lipinski definition) is 2. The van der Waals surface area contributed by atoms with Crippen LogP contribution in [0.3, 0.4) is 0 Å². The minimum absolute atomic E-state index is 0.208. The van der Waals surface area contributed by atoms with E-state index in [0.29, 0.717) is 23.7 Å². The van der Waals surface area contributed by atoms with Gasteiger partial charge in [0.25, 0.3) is 0 Å². The van der Waals surface area contributed by atoms with E-state index in [1.807, 2.05) is 24.3 Å². The molecule has 31 heavy (non-hydrogen) atoms. The number of aliphatic hydroxyl groups is 1. The zero-order valence-electron chi connectivity index (χ0n) is 16.4. The average molecular weight is 554 g/mol. The van der Waals surface area contributed by atoms with E-state index in [2.05, 4.69) is 44.8 Å². The van der Waals surface area contributed by atoms with Gasteiger partial charge in [0.1, 0.15) is 23.5 Å². The SMILES string of the molecule is [CH2][C@@H]1C[C@@H](Nc2ncncc2C(=O)c2cc(Cl)n(Cc3cccc(I)c3)c2)[C@@H](F)[C@@H]1O. The molecular weight excluding hydrogens is 534 g/mol. The molecular formula is C22H20ClFIN4O2. The Kier molecular flexibility index (Phi) is 6.59. The van der Waals surface area contributed by atoms with Gasteiger partial charge in [0, 0.05) is 28.1 Å². The van der Waals surface area contributed by atoms with Gasteiger partial charge in [0.2, 0.25) is 0 Å². The molecule has 2 aromatic heterocycles. The number of anilines is 1. The fourth-order valence-electron chi connectivity index (χ4n) is 3.73. The topological polar surface area (TPSA) is 80.0 Å². The fraction of sp³-hybridized carbons (Fsp3) is 0.273. The number of hydrogen-bond acceptors (Lipinski definition) is 5. The molecule has 0 spiro atoms. The minimum atomic E-state index is -1.50. The maximum Gasteiger partial charge on any atom is 0.199 e. The van der Waals surface area contributed by atoms with Gasteiger partial charge in [-0.05, 0) is 65.6 Å². The number of rotatable bonds is 6. The first-order chi connectivity index (χ1) is 14.8. The smallest absolute Gasteiger partial charge is 0.199 e. The van der Waals surface area contributed by atoms with Gasteiger partial charge < -0.3 is 15.0 Å². The lowest BCUT2D eigenvalue weighted by Gasteiger charge is -2.18. The van der Waals surface area contributed by atoms with Gasteiger partial charge in [-0.1, -0.05) is 23.7 Å². The second kappa shape index (κ2) is 9.22. The third-order valence-corrected chi connectivity index (χ3v) is 6.37. The number of aromatic nitrogens is 3. The maximum atomic E-state index is 14.4. The van der Waals surface area contributed by atoms with Crippen LogP contribution in [-0.4, -0.2) is 43.7 Å². The maximum absolute atomic E-state index is 14.4. The Bertz CT molecular complexity index is 1110. The standard InChI is InChI=1S/C22H20ClFIN4O2/c1-12-5-17(19(24)20(12)30)28-22-16(8-26-11-27-22)21(31)14-7-18(23)29(10-14)9-13-3-2-4-15(25)6-13/h2-4,6-8,10-12,17,19-20,30H,1,5,9H2,(H,26,27,28)/t12-,17-,19-,20-/m1/s1. The summed E-state index contributed by atoms with van der Waals surface area (Å²) < 4.78 is 17.3. The molecule has 1 aliphatic carbocycles. The number of alkyl halides is 1. The van der Waals surface area contributed by atoms with Crippen molar-refractivity contribution in [3.63, 3.8) is 0 Å². The monoisotopic (exact) mass is 553 g/mol. The molecule has 9 heteroatoms. The minimum Gasteiger partial charge on any atom is -0.390 e. The van der Waals surface area contributed by atoms with Gasteiger partial charge in [0.05, 0.1) is 17.7 Å². The van der Waals surface area contributed by atoms with Crippen LogP contribution in [0, 0.1) is 16.4 Å². The van der Waals surface area contributed by atoms with Gasteiger partial charge in [-0.2, -0.15) is 0 Å². The van der Waals surface area contributed by atoms with E-state index in [9.17, 15) is 14.3 Å². The first-order valence-electron chi connectivity index (χ1n) is 9.70. The van der Waals surface area contributed by atoms with Gasteiger partial charge in [-0.25, -0.2) is 14.4 Å². The van der Waals surface area contributed by atoms with Crippen LogP contribution < -0.4 is 5.32 Å². The molecule has 6 nitrogen and oxygen atoms in total. The van der Waals surface area contributed by atoms with Crippen molar-refractivity contribution in [1.29, 1.82) is 0 Å². The van der Waals surface area contributed by atoms with Crippen LogP contribution in [-0.2, 0) is 6.54 Å². The number of aliphatic hydroxyl groups excluding tert-OH is 1. The molecule has 1 aromatic carbocycles. The summed E-state index contributed by atoms with van der Waals surface area (Å²) in [6.45, 7) is 4.29. The molecule has 0 aliphatic heterocycles. The Hall–Kier alpha value is -2.04. The highest BCUT2D eigenvalue weighted by atomic mass is 127. The third kappa shape index (κ3) is 4.75. The molecule has 1 saturated carbocycles. The molecule has 0 saturated heterocycles. The predicted octanol–water partition coefficient (Wildman–Crippen LogP) is 4.15. The molecule has 0 amide bonds. The average Bonchev–Trinajstić information content (AvgIpc) is 3.22. The lowest BCUT2D eigenvalue weighted by atomic mass is 10.1. The Labute approximate surface area is 198 Å². The van der Waals surface area contributed by atoms with Gasteiger partial charge in [0.15, 0.2) is 5.78 Å². The fourth-order valence-corrected chi connectivity index (χ4v) is 4.56. The summed E-state index contributed by atoms with van der Waals surface area (Å²) in [6.07, 6.45) is 2.05. The number of nitrogens with one attached hydrogen (secondary N) is 1. The van der Waals surface area contributed by atoms with Crippen molar-refractivity contribution in [3.8, 4) is 0 Å². The molecule has 2 heterocycles. The van der Waals surface area contributed by atoms with Crippen LogP contribution in [0.2, 0.25) is 5.15 Å². The number of nitrogens with zero attached hydrogens (tertiary/aromatic N) is 3. The van der Waals surface area contributed by atoms with Crippen molar-refractivity contribution < 1.29 is 14.3 Å². The second-order valence-corrected chi connectivity index (χ2v) is 9.24. The van der Waals surface area contributed by atoms with Crippen LogP contribution in [0.5, 0.6) is 0 Å². The van der Waals surface area contributed by atoms with Crippen molar-refractivity contribution in [2.75, 3.05) is 5.32 Å². The van der Waals surface area contributed by atoms with Crippen LogP contribution in [0.1, 0.15) is 27.9 Å². The normalized spacial score (nSPS) is 23.1. The summed E-state index contributed by atoms with van der Waals surface area (Å²) in [7, 11) is 0. The number of ketones is 1. The van der Waals surface area contributed by atoms with E-state index in [4.69, 9.17) is 11.6 Å². The molecule has 3 aromatic rings. The highest BCUT2D eigenvalue weighted by Gasteiger charge is 2.41. The molecule has 161 valence electrons. The zero-order valence-corrected chi connectivity index (χ0v) is 19.3. The van der Waals surface area contributed by atoms with E-state index in [-0.39, 0.29) is 17.2 Å². The highest BCUT2D eigenvalue weighted by molar-refractivity contribution is 14.1. The zero-order chi connectivity index (χ0) is 22.1. The summed E-state index contributed by atoms with van der Waals surface area (Å²) >= 11 is 8.62. The first kappa shape index (κ1) is 22.2. The van der Waals surface area contributed by atoms with Crippen molar-refractivity contribution in [2.45, 2.75) is 31.3 Å². The van der Waals surface area contributed by atoms with Crippen molar-refractivity contribution in [3.05, 3.63) is 81.4 Å². The first-order valence-corrected chi connectivity index (χ1v) is 11.2. The largest absolute Gasteiger partial charge is 0.390 e. The molecule has 1 radical (unpaired) electrons. The summed E-state index contributed by atoms with van der Waals surface area (Å²) in [5.41, 5.74) is 1.65. The molecule has 4 atom stereocenters. The molecule has 1 fully saturated rings. The summed E-state index contributed by atoms with van der Waals surface area (Å²) in [4.78, 5) is 21.3. The highest BCUT2D eigenvalue weighted by Crippen LogP contribution is 2.31. The number of carbonyl (C=O) groups is 1. The van der Waals surface area contributed by atoms with Crippen LogP contribution in [0.25, 0.3) is 0 Å². The van der Waals surface area contributed by atoms with Crippen LogP contribution in [0.4, 0.5) is 10.2 Å². The van der Waals surface area contributed by atoms with Crippen LogP contribution >= 0.6 is 34.2 Å². The molecule has 4 rings (SSSR count). The molecule has 0 bridgehead atoms. The second-order valence-electron chi connectivity index (χ2n) is 7.61. The van der Waals surface area contributed by atoms with E-state index in [0.717, 1.165) is 9.13 Å². The number of halogens is 3. The number of benzene rings is 1. The van der Waals surface area contributed by atoms with E-state index in [1.165, 1.54) is 12.5 Å². The van der Waals surface area contributed by atoms with Gasteiger partial charge in [-0.3, -0.25) is 4.79 Å². The Morgan fingerprint density at radius 3 is 2.94 bits per heavy atom. The van der Waals surface area contributed by atoms with Gasteiger partial charge in [-0.15, -0.1) is 0 Å². The predicted molar refractivity (Wildman–Crippen MR) is 125 cm³/mol. The van der Waals surface area contributed by atoms with Crippen molar-refractivity contribution >= 4 is 45.8 Å². The molecule has 2 N–H and O–H groups in total. The number of carbonyl (C=O) groups excluding carboxylic acids is 1. The van der Waals surface area contributed by atoms with E-state index >= 15 is 0 Å². The Morgan fingerprint density at radius 2 is 2.23 bits per heavy atom. The van der Waals surface area contributed by atoms with Crippen molar-refractivity contribution in [1.82, 2.24) is 14.5 Å². The summed E-state index contributed by atoms with van der Waals surface area (Å²) in [5, 5.41) is 13.2. The van der Waals surface area contributed by atoms with Crippen molar-refractivity contribution in [2.24, 2.45) is 5.92 Å². The molecule has 1 aliphatic rings. The molecule has 0 unspecified atom stereocenters. The Morgan fingerprint density at radius 1 is 1.42 bits per heavy atom. The third-order valence-electron chi connectivity index (χ3n) is 5.38.